The van der Waals surface area contributed by atoms with Crippen molar-refractivity contribution in [2.75, 3.05) is 56.4 Å². The summed E-state index contributed by atoms with van der Waals surface area (Å²) in [6.45, 7) is 0. The van der Waals surface area contributed by atoms with Crippen LogP contribution in [-0.2, 0) is 0 Å². The maximum absolute atomic E-state index is 2.44. The monoisotopic (exact) mass is 248 g/mol. The van der Waals surface area contributed by atoms with Crippen molar-refractivity contribution in [1.82, 2.24) is 18.3 Å². The number of nitrogens with zero attached hydrogens (tertiary/aromatic N) is 4. The van der Waals surface area contributed by atoms with E-state index in [1.54, 1.807) is 0 Å². The Morgan fingerprint density at radius 2 is 0.733 bits per heavy atom. The molecule has 92 valence electrons. The molecular weight excluding hydrogens is 220 g/mol. The number of rotatable bonds is 6. The molecule has 0 aliphatic carbocycles. The standard InChI is InChI=1S/C9H28N4Si2/c1-10(2)14(11(3)4)9-15(12(5)6)13(7)8/h14-15H,9H2,1-8H3. The van der Waals surface area contributed by atoms with Crippen molar-refractivity contribution >= 4 is 18.2 Å². The van der Waals surface area contributed by atoms with Gasteiger partial charge in [0.15, 0.2) is 18.2 Å². The Morgan fingerprint density at radius 3 is 0.867 bits per heavy atom. The molecule has 0 heterocycles. The van der Waals surface area contributed by atoms with Crippen LogP contribution in [0.5, 0.6) is 0 Å². The molecule has 0 aromatic rings. The summed E-state index contributed by atoms with van der Waals surface area (Å²) in [6, 6.07) is 0. The van der Waals surface area contributed by atoms with Crippen LogP contribution in [0, 0.1) is 0 Å². The third-order valence-corrected chi connectivity index (χ3v) is 10.9. The topological polar surface area (TPSA) is 13.0 Å². The highest BCUT2D eigenvalue weighted by molar-refractivity contribution is 6.71. The fraction of sp³-hybridized carbons (Fsp3) is 1.00. The third kappa shape index (κ3) is 5.23. The first-order valence-electron chi connectivity index (χ1n) is 5.43. The minimum Gasteiger partial charge on any atom is -0.320 e. The zero-order chi connectivity index (χ0) is 12.2. The summed E-state index contributed by atoms with van der Waals surface area (Å²) in [4.78, 5) is 0. The van der Waals surface area contributed by atoms with Crippen LogP contribution in [-0.4, -0.2) is 92.9 Å². The maximum Gasteiger partial charge on any atom is 0.188 e. The Labute approximate surface area is 99.0 Å². The fourth-order valence-corrected chi connectivity index (χ4v) is 12.1. The summed E-state index contributed by atoms with van der Waals surface area (Å²) in [7, 11) is 15.9. The first-order valence-corrected chi connectivity index (χ1v) is 9.13. The molecule has 6 heteroatoms. The Hall–Kier alpha value is 0.274. The maximum atomic E-state index is 2.44. The van der Waals surface area contributed by atoms with E-state index in [2.05, 4.69) is 74.6 Å². The van der Waals surface area contributed by atoms with Gasteiger partial charge in [-0.1, -0.05) is 0 Å². The number of hydrogen-bond acceptors (Lipinski definition) is 4. The first-order chi connectivity index (χ1) is 6.77. The van der Waals surface area contributed by atoms with Gasteiger partial charge in [0.2, 0.25) is 0 Å². The van der Waals surface area contributed by atoms with Crippen molar-refractivity contribution in [2.24, 2.45) is 0 Å². The molecule has 0 fully saturated rings. The molecule has 0 rings (SSSR count). The molecule has 0 saturated heterocycles. The summed E-state index contributed by atoms with van der Waals surface area (Å²) in [5.41, 5.74) is 1.39. The highest BCUT2D eigenvalue weighted by Gasteiger charge is 2.26. The van der Waals surface area contributed by atoms with Crippen LogP contribution in [0.25, 0.3) is 0 Å². The molecule has 0 aliphatic heterocycles. The van der Waals surface area contributed by atoms with Gasteiger partial charge in [-0.15, -0.1) is 0 Å². The van der Waals surface area contributed by atoms with Crippen LogP contribution in [0.1, 0.15) is 0 Å². The van der Waals surface area contributed by atoms with Gasteiger partial charge in [0, 0.05) is 0 Å². The van der Waals surface area contributed by atoms with Gasteiger partial charge in [-0.2, -0.15) is 0 Å². The van der Waals surface area contributed by atoms with Gasteiger partial charge >= 0.3 is 0 Å². The Morgan fingerprint density at radius 1 is 0.533 bits per heavy atom. The molecule has 0 bridgehead atoms. The molecule has 4 nitrogen and oxygen atoms in total. The summed E-state index contributed by atoms with van der Waals surface area (Å²) in [5.74, 6) is 0. The zero-order valence-electron chi connectivity index (χ0n) is 11.7. The van der Waals surface area contributed by atoms with Gasteiger partial charge < -0.3 is 18.3 Å². The van der Waals surface area contributed by atoms with Crippen molar-refractivity contribution in [3.05, 3.63) is 0 Å². The first kappa shape index (κ1) is 15.3. The van der Waals surface area contributed by atoms with E-state index in [1.165, 1.54) is 5.67 Å². The van der Waals surface area contributed by atoms with E-state index in [-0.39, 0.29) is 0 Å². The lowest BCUT2D eigenvalue weighted by Crippen LogP contribution is -2.55. The van der Waals surface area contributed by atoms with Gasteiger partial charge in [0.25, 0.3) is 0 Å². The highest BCUT2D eigenvalue weighted by Crippen LogP contribution is 2.06. The lowest BCUT2D eigenvalue weighted by atomic mass is 11.2. The van der Waals surface area contributed by atoms with Crippen molar-refractivity contribution < 1.29 is 0 Å². The van der Waals surface area contributed by atoms with E-state index in [9.17, 15) is 0 Å². The number of hydrogen-bond donors (Lipinski definition) is 0. The van der Waals surface area contributed by atoms with Gasteiger partial charge in [-0.05, 0) is 62.0 Å². The highest BCUT2D eigenvalue weighted by atomic mass is 28.4. The predicted octanol–water partition coefficient (Wildman–Crippen LogP) is -0.787. The van der Waals surface area contributed by atoms with Gasteiger partial charge in [-0.3, -0.25) is 0 Å². The van der Waals surface area contributed by atoms with Crippen molar-refractivity contribution in [3.63, 3.8) is 0 Å². The second-order valence-corrected chi connectivity index (χ2v) is 13.0. The van der Waals surface area contributed by atoms with E-state index in [0.717, 1.165) is 0 Å². The Balaban J connectivity index is 4.48. The fourth-order valence-electron chi connectivity index (χ4n) is 1.96. The zero-order valence-corrected chi connectivity index (χ0v) is 14.0. The SMILES string of the molecule is CN(C)[SiH](C[SiH](N(C)C)N(C)C)N(C)C. The summed E-state index contributed by atoms with van der Waals surface area (Å²) in [5, 5.41) is 0. The van der Waals surface area contributed by atoms with Crippen molar-refractivity contribution in [1.29, 1.82) is 0 Å². The van der Waals surface area contributed by atoms with E-state index in [0.29, 0.717) is 0 Å². The molecule has 0 aromatic heterocycles. The minimum atomic E-state index is -0.905. The van der Waals surface area contributed by atoms with Gasteiger partial charge in [0.05, 0.1) is 0 Å². The molecule has 0 spiro atoms. The lowest BCUT2D eigenvalue weighted by Gasteiger charge is -2.36. The second kappa shape index (κ2) is 6.77. The molecule has 0 saturated carbocycles. The molecular formula is C9H28N4Si2. The average molecular weight is 249 g/mol. The quantitative estimate of drug-likeness (QED) is 0.572. The van der Waals surface area contributed by atoms with Crippen molar-refractivity contribution in [2.45, 2.75) is 5.67 Å². The molecule has 0 amide bonds. The molecule has 0 radical (unpaired) electrons. The minimum absolute atomic E-state index is 0.905. The van der Waals surface area contributed by atoms with Crippen LogP contribution in [0.15, 0.2) is 0 Å². The summed E-state index contributed by atoms with van der Waals surface area (Å²) in [6.07, 6.45) is 0. The van der Waals surface area contributed by atoms with E-state index in [4.69, 9.17) is 0 Å². The van der Waals surface area contributed by atoms with Crippen molar-refractivity contribution in [3.8, 4) is 0 Å². The molecule has 0 aromatic carbocycles. The molecule has 0 atom stereocenters. The Bertz CT molecular complexity index is 139. The van der Waals surface area contributed by atoms with Crippen LogP contribution >= 0.6 is 0 Å². The normalized spacial score (nSPS) is 13.2. The molecule has 0 N–H and O–H groups in total. The Kier molecular flexibility index (Phi) is 6.89. The van der Waals surface area contributed by atoms with E-state index in [1.807, 2.05) is 0 Å². The van der Waals surface area contributed by atoms with Crippen LogP contribution in [0.4, 0.5) is 0 Å². The summed E-state index contributed by atoms with van der Waals surface area (Å²) >= 11 is 0. The van der Waals surface area contributed by atoms with E-state index < -0.39 is 18.2 Å². The molecule has 0 unspecified atom stereocenters. The largest absolute Gasteiger partial charge is 0.320 e. The van der Waals surface area contributed by atoms with Gasteiger partial charge in [-0.25, -0.2) is 0 Å². The summed E-state index contributed by atoms with van der Waals surface area (Å²) < 4.78 is 9.75. The third-order valence-electron chi connectivity index (χ3n) is 2.81. The van der Waals surface area contributed by atoms with Crippen LogP contribution in [0.3, 0.4) is 0 Å². The van der Waals surface area contributed by atoms with E-state index >= 15 is 0 Å². The predicted molar refractivity (Wildman–Crippen MR) is 73.9 cm³/mol. The smallest absolute Gasteiger partial charge is 0.188 e. The van der Waals surface area contributed by atoms with Crippen LogP contribution in [0.2, 0.25) is 5.67 Å². The molecule has 15 heavy (non-hydrogen) atoms. The molecule has 0 aliphatic rings. The van der Waals surface area contributed by atoms with Gasteiger partial charge in [0.1, 0.15) is 0 Å². The van der Waals surface area contributed by atoms with Crippen LogP contribution < -0.4 is 0 Å². The second-order valence-electron chi connectivity index (χ2n) is 5.05. The average Bonchev–Trinajstić information content (AvgIpc) is 2.01. The lowest BCUT2D eigenvalue weighted by molar-refractivity contribution is 0.495.